The van der Waals surface area contributed by atoms with Crippen LogP contribution in [0, 0.1) is 0 Å². The van der Waals surface area contributed by atoms with Crippen molar-refractivity contribution in [3.63, 3.8) is 0 Å². The van der Waals surface area contributed by atoms with Gasteiger partial charge in [-0.2, -0.15) is 0 Å². The maximum absolute atomic E-state index is 12.3. The van der Waals surface area contributed by atoms with E-state index in [9.17, 15) is 4.79 Å². The van der Waals surface area contributed by atoms with E-state index in [1.54, 1.807) is 4.90 Å². The maximum atomic E-state index is 12.3. The zero-order valence-electron chi connectivity index (χ0n) is 13.8. The summed E-state index contributed by atoms with van der Waals surface area (Å²) in [6.45, 7) is 3.11. The van der Waals surface area contributed by atoms with Gasteiger partial charge in [0.2, 0.25) is 5.91 Å². The Labute approximate surface area is 137 Å². The number of nitrogen functional groups attached to an aromatic ring is 1. The van der Waals surface area contributed by atoms with Crippen LogP contribution in [0.3, 0.4) is 0 Å². The summed E-state index contributed by atoms with van der Waals surface area (Å²) in [5, 5.41) is 0. The molecule has 0 aromatic heterocycles. The van der Waals surface area contributed by atoms with Gasteiger partial charge in [0, 0.05) is 31.3 Å². The van der Waals surface area contributed by atoms with Crippen molar-refractivity contribution >= 4 is 11.6 Å². The van der Waals surface area contributed by atoms with Crippen molar-refractivity contribution in [1.82, 2.24) is 4.90 Å². The van der Waals surface area contributed by atoms with Crippen LogP contribution < -0.4 is 10.5 Å². The molecule has 0 heterocycles. The predicted octanol–water partition coefficient (Wildman–Crippen LogP) is 3.26. The number of hydrogen-bond donors (Lipinski definition) is 1. The molecule has 2 aromatic carbocycles. The first-order valence-corrected chi connectivity index (χ1v) is 7.90. The molecule has 2 aromatic rings. The fourth-order valence-corrected chi connectivity index (χ4v) is 2.47. The second kappa shape index (κ2) is 8.22. The number of anilines is 1. The Morgan fingerprint density at radius 1 is 1.09 bits per heavy atom. The summed E-state index contributed by atoms with van der Waals surface area (Å²) < 4.78 is 5.61. The molecule has 0 atom stereocenters. The van der Waals surface area contributed by atoms with Crippen LogP contribution in [0.25, 0.3) is 0 Å². The van der Waals surface area contributed by atoms with E-state index in [2.05, 4.69) is 0 Å². The molecule has 122 valence electrons. The first kappa shape index (κ1) is 16.9. The van der Waals surface area contributed by atoms with E-state index >= 15 is 0 Å². The van der Waals surface area contributed by atoms with Crippen LogP contribution in [-0.2, 0) is 17.8 Å². The number of para-hydroxylation sites is 2. The third-order valence-electron chi connectivity index (χ3n) is 3.77. The molecule has 0 fully saturated rings. The second-order valence-electron chi connectivity index (χ2n) is 5.49. The van der Waals surface area contributed by atoms with Crippen LogP contribution in [0.2, 0.25) is 0 Å². The monoisotopic (exact) mass is 312 g/mol. The zero-order chi connectivity index (χ0) is 16.7. The minimum absolute atomic E-state index is 0.0968. The van der Waals surface area contributed by atoms with E-state index in [0.29, 0.717) is 26.0 Å². The van der Waals surface area contributed by atoms with Gasteiger partial charge >= 0.3 is 0 Å². The number of nitrogens with zero attached hydrogens (tertiary/aromatic N) is 1. The normalized spacial score (nSPS) is 10.3. The number of rotatable bonds is 7. The highest BCUT2D eigenvalue weighted by molar-refractivity contribution is 5.76. The van der Waals surface area contributed by atoms with Gasteiger partial charge < -0.3 is 15.4 Å². The van der Waals surface area contributed by atoms with Crippen molar-refractivity contribution in [1.29, 1.82) is 0 Å². The van der Waals surface area contributed by atoms with Gasteiger partial charge in [-0.1, -0.05) is 36.4 Å². The SMILES string of the molecule is CCOc1ccccc1CN(C)C(=O)CCc1ccccc1N. The predicted molar refractivity (Wildman–Crippen MR) is 93.3 cm³/mol. The quantitative estimate of drug-likeness (QED) is 0.798. The Morgan fingerprint density at radius 2 is 1.74 bits per heavy atom. The average Bonchev–Trinajstić information content (AvgIpc) is 2.56. The van der Waals surface area contributed by atoms with E-state index in [1.807, 2.05) is 62.5 Å². The largest absolute Gasteiger partial charge is 0.494 e. The number of carbonyl (C=O) groups excluding carboxylic acids is 1. The zero-order valence-corrected chi connectivity index (χ0v) is 13.8. The van der Waals surface area contributed by atoms with Crippen molar-refractivity contribution in [2.24, 2.45) is 0 Å². The standard InChI is InChI=1S/C19H24N2O2/c1-3-23-18-11-7-5-9-16(18)14-21(2)19(22)13-12-15-8-4-6-10-17(15)20/h4-11H,3,12-14,20H2,1-2H3. The maximum Gasteiger partial charge on any atom is 0.222 e. The molecular formula is C19H24N2O2. The molecule has 2 N–H and O–H groups in total. The Kier molecular flexibility index (Phi) is 6.03. The highest BCUT2D eigenvalue weighted by atomic mass is 16.5. The summed E-state index contributed by atoms with van der Waals surface area (Å²) in [7, 11) is 1.82. The van der Waals surface area contributed by atoms with Crippen molar-refractivity contribution in [2.45, 2.75) is 26.3 Å². The topological polar surface area (TPSA) is 55.6 Å². The third kappa shape index (κ3) is 4.74. The van der Waals surface area contributed by atoms with Crippen LogP contribution in [-0.4, -0.2) is 24.5 Å². The molecular weight excluding hydrogens is 288 g/mol. The Balaban J connectivity index is 1.94. The van der Waals surface area contributed by atoms with Gasteiger partial charge in [0.15, 0.2) is 0 Å². The van der Waals surface area contributed by atoms with E-state index < -0.39 is 0 Å². The lowest BCUT2D eigenvalue weighted by Crippen LogP contribution is -2.26. The first-order chi connectivity index (χ1) is 11.1. The molecule has 2 rings (SSSR count). The molecule has 0 aliphatic carbocycles. The average molecular weight is 312 g/mol. The molecule has 0 unspecified atom stereocenters. The summed E-state index contributed by atoms with van der Waals surface area (Å²) in [6.07, 6.45) is 1.10. The molecule has 23 heavy (non-hydrogen) atoms. The number of ether oxygens (including phenoxy) is 1. The molecule has 0 aliphatic rings. The van der Waals surface area contributed by atoms with Gasteiger partial charge in [-0.3, -0.25) is 4.79 Å². The minimum atomic E-state index is 0.0968. The summed E-state index contributed by atoms with van der Waals surface area (Å²) in [5.41, 5.74) is 8.69. The lowest BCUT2D eigenvalue weighted by atomic mass is 10.1. The van der Waals surface area contributed by atoms with Gasteiger partial charge in [0.25, 0.3) is 0 Å². The fourth-order valence-electron chi connectivity index (χ4n) is 2.47. The molecule has 4 heteroatoms. The smallest absolute Gasteiger partial charge is 0.222 e. The van der Waals surface area contributed by atoms with Gasteiger partial charge in [-0.15, -0.1) is 0 Å². The fraction of sp³-hybridized carbons (Fsp3) is 0.316. The van der Waals surface area contributed by atoms with Crippen molar-refractivity contribution < 1.29 is 9.53 Å². The number of benzene rings is 2. The molecule has 0 aliphatic heterocycles. The Bertz CT molecular complexity index is 655. The molecule has 0 radical (unpaired) electrons. The van der Waals surface area contributed by atoms with E-state index in [1.165, 1.54) is 0 Å². The van der Waals surface area contributed by atoms with Crippen molar-refractivity contribution in [2.75, 3.05) is 19.4 Å². The molecule has 4 nitrogen and oxygen atoms in total. The lowest BCUT2D eigenvalue weighted by Gasteiger charge is -2.19. The van der Waals surface area contributed by atoms with E-state index in [4.69, 9.17) is 10.5 Å². The molecule has 0 saturated heterocycles. The van der Waals surface area contributed by atoms with Crippen molar-refractivity contribution in [3.05, 3.63) is 59.7 Å². The van der Waals surface area contributed by atoms with Gasteiger partial charge in [0.05, 0.1) is 6.61 Å². The lowest BCUT2D eigenvalue weighted by molar-refractivity contribution is -0.130. The third-order valence-corrected chi connectivity index (χ3v) is 3.77. The number of carbonyl (C=O) groups is 1. The number of aryl methyl sites for hydroxylation is 1. The Hall–Kier alpha value is -2.49. The second-order valence-corrected chi connectivity index (χ2v) is 5.49. The highest BCUT2D eigenvalue weighted by Crippen LogP contribution is 2.20. The number of nitrogens with two attached hydrogens (primary N) is 1. The van der Waals surface area contributed by atoms with Crippen molar-refractivity contribution in [3.8, 4) is 5.75 Å². The number of hydrogen-bond acceptors (Lipinski definition) is 3. The molecule has 0 saturated carbocycles. The van der Waals surface area contributed by atoms with Crippen LogP contribution >= 0.6 is 0 Å². The minimum Gasteiger partial charge on any atom is -0.494 e. The molecule has 0 spiro atoms. The van der Waals surface area contributed by atoms with Gasteiger partial charge in [-0.25, -0.2) is 0 Å². The van der Waals surface area contributed by atoms with Crippen LogP contribution in [0.4, 0.5) is 5.69 Å². The number of amides is 1. The highest BCUT2D eigenvalue weighted by Gasteiger charge is 2.12. The first-order valence-electron chi connectivity index (χ1n) is 7.90. The summed E-state index contributed by atoms with van der Waals surface area (Å²) in [4.78, 5) is 14.1. The van der Waals surface area contributed by atoms with E-state index in [-0.39, 0.29) is 5.91 Å². The summed E-state index contributed by atoms with van der Waals surface area (Å²) >= 11 is 0. The summed E-state index contributed by atoms with van der Waals surface area (Å²) in [5.74, 6) is 0.932. The molecule has 0 bridgehead atoms. The van der Waals surface area contributed by atoms with Gasteiger partial charge in [0.1, 0.15) is 5.75 Å². The van der Waals surface area contributed by atoms with E-state index in [0.717, 1.165) is 22.6 Å². The van der Waals surface area contributed by atoms with Crippen LogP contribution in [0.1, 0.15) is 24.5 Å². The molecule has 1 amide bonds. The summed E-state index contributed by atoms with van der Waals surface area (Å²) in [6, 6.07) is 15.5. The van der Waals surface area contributed by atoms with Gasteiger partial charge in [-0.05, 0) is 31.0 Å². The Morgan fingerprint density at radius 3 is 2.43 bits per heavy atom. The van der Waals surface area contributed by atoms with Crippen LogP contribution in [0.15, 0.2) is 48.5 Å². The van der Waals surface area contributed by atoms with Crippen LogP contribution in [0.5, 0.6) is 5.75 Å².